The van der Waals surface area contributed by atoms with Gasteiger partial charge in [-0.15, -0.1) is 0 Å². The minimum atomic E-state index is -0.531. The smallest absolute Gasteiger partial charge is 0.227 e. The zero-order chi connectivity index (χ0) is 21.3. The van der Waals surface area contributed by atoms with Crippen molar-refractivity contribution in [1.82, 2.24) is 5.32 Å². The number of hydrogen-bond donors (Lipinski definition) is 3. The van der Waals surface area contributed by atoms with Gasteiger partial charge in [-0.25, -0.2) is 4.39 Å². The zero-order valence-corrected chi connectivity index (χ0v) is 17.5. The van der Waals surface area contributed by atoms with Gasteiger partial charge in [0, 0.05) is 30.5 Å². The van der Waals surface area contributed by atoms with Gasteiger partial charge in [0.1, 0.15) is 5.82 Å². The van der Waals surface area contributed by atoms with Gasteiger partial charge in [-0.2, -0.15) is 0 Å². The largest absolute Gasteiger partial charge is 0.355 e. The van der Waals surface area contributed by atoms with Crippen molar-refractivity contribution in [2.24, 2.45) is 11.8 Å². The Bertz CT molecular complexity index is 756. The maximum atomic E-state index is 14.1. The number of carbonyl (C=O) groups is 3. The standard InChI is InChI=1S/C23H32FN3O3/c24-19-12-11-18(15-20(19)27-23(30)17-9-5-2-6-10-17)26-21(28)13-14-25-22(29)16-7-3-1-4-8-16/h11-12,15-17H,1-10,13-14H2,(H,25,29)(H,26,28)(H,27,30). The molecule has 1 aromatic carbocycles. The summed E-state index contributed by atoms with van der Waals surface area (Å²) in [4.78, 5) is 36.7. The van der Waals surface area contributed by atoms with Crippen LogP contribution in [0.3, 0.4) is 0 Å². The van der Waals surface area contributed by atoms with E-state index in [1.165, 1.54) is 24.6 Å². The first-order valence-corrected chi connectivity index (χ1v) is 11.2. The van der Waals surface area contributed by atoms with E-state index in [2.05, 4.69) is 16.0 Å². The molecular weight excluding hydrogens is 385 g/mol. The second-order valence-electron chi connectivity index (χ2n) is 8.44. The van der Waals surface area contributed by atoms with E-state index in [4.69, 9.17) is 0 Å². The predicted octanol–water partition coefficient (Wildman–Crippen LogP) is 4.37. The number of halogens is 1. The lowest BCUT2D eigenvalue weighted by Crippen LogP contribution is -2.34. The summed E-state index contributed by atoms with van der Waals surface area (Å²) in [6.07, 6.45) is 10.2. The highest BCUT2D eigenvalue weighted by Crippen LogP contribution is 2.27. The first-order valence-electron chi connectivity index (χ1n) is 11.2. The Balaban J connectivity index is 1.46. The summed E-state index contributed by atoms with van der Waals surface area (Å²) in [5.41, 5.74) is 0.493. The van der Waals surface area contributed by atoms with Crippen molar-refractivity contribution < 1.29 is 18.8 Å². The number of hydrogen-bond acceptors (Lipinski definition) is 3. The molecule has 2 fully saturated rings. The fourth-order valence-corrected chi connectivity index (χ4v) is 4.33. The molecule has 0 spiro atoms. The Morgan fingerprint density at radius 3 is 2.07 bits per heavy atom. The van der Waals surface area contributed by atoms with E-state index in [9.17, 15) is 18.8 Å². The Morgan fingerprint density at radius 1 is 0.833 bits per heavy atom. The molecule has 0 heterocycles. The highest BCUT2D eigenvalue weighted by atomic mass is 19.1. The summed E-state index contributed by atoms with van der Waals surface area (Å²) in [6.45, 7) is 0.271. The number of amides is 3. The number of nitrogens with one attached hydrogen (secondary N) is 3. The number of carbonyl (C=O) groups excluding carboxylic acids is 3. The second kappa shape index (κ2) is 11.1. The highest BCUT2D eigenvalue weighted by molar-refractivity contribution is 5.95. The van der Waals surface area contributed by atoms with Crippen LogP contribution in [0.2, 0.25) is 0 Å². The van der Waals surface area contributed by atoms with Gasteiger partial charge in [0.2, 0.25) is 17.7 Å². The average molecular weight is 418 g/mol. The van der Waals surface area contributed by atoms with E-state index in [1.807, 2.05) is 0 Å². The molecule has 3 amide bonds. The molecule has 2 aliphatic carbocycles. The quantitative estimate of drug-likeness (QED) is 0.616. The normalized spacial score (nSPS) is 17.9. The fraction of sp³-hybridized carbons (Fsp3) is 0.609. The van der Waals surface area contributed by atoms with Gasteiger partial charge in [-0.1, -0.05) is 38.5 Å². The van der Waals surface area contributed by atoms with Gasteiger partial charge >= 0.3 is 0 Å². The summed E-state index contributed by atoms with van der Waals surface area (Å²) in [6, 6.07) is 4.13. The van der Waals surface area contributed by atoms with Crippen LogP contribution in [0.4, 0.5) is 15.8 Å². The van der Waals surface area contributed by atoms with Gasteiger partial charge in [-0.3, -0.25) is 14.4 Å². The molecule has 3 N–H and O–H groups in total. The lowest BCUT2D eigenvalue weighted by atomic mass is 9.88. The van der Waals surface area contributed by atoms with Gasteiger partial charge in [0.25, 0.3) is 0 Å². The first-order chi connectivity index (χ1) is 14.5. The van der Waals surface area contributed by atoms with E-state index in [0.29, 0.717) is 5.69 Å². The van der Waals surface area contributed by atoms with E-state index in [1.54, 1.807) is 0 Å². The average Bonchev–Trinajstić information content (AvgIpc) is 2.77. The molecule has 0 unspecified atom stereocenters. The molecule has 3 rings (SSSR count). The summed E-state index contributed by atoms with van der Waals surface area (Å²) >= 11 is 0. The van der Waals surface area contributed by atoms with Crippen LogP contribution >= 0.6 is 0 Å². The van der Waals surface area contributed by atoms with Gasteiger partial charge in [0.15, 0.2) is 0 Å². The summed E-state index contributed by atoms with van der Waals surface area (Å²) in [5.74, 6) is -0.954. The Hall–Kier alpha value is -2.44. The van der Waals surface area contributed by atoms with E-state index in [0.717, 1.165) is 57.8 Å². The predicted molar refractivity (Wildman–Crippen MR) is 114 cm³/mol. The molecule has 0 aromatic heterocycles. The van der Waals surface area contributed by atoms with E-state index in [-0.39, 0.29) is 48.2 Å². The third kappa shape index (κ3) is 6.54. The lowest BCUT2D eigenvalue weighted by Gasteiger charge is -2.21. The monoisotopic (exact) mass is 417 g/mol. The van der Waals surface area contributed by atoms with Crippen LogP contribution < -0.4 is 16.0 Å². The molecule has 0 saturated heterocycles. The van der Waals surface area contributed by atoms with Crippen molar-refractivity contribution in [3.05, 3.63) is 24.0 Å². The van der Waals surface area contributed by atoms with Gasteiger partial charge in [0.05, 0.1) is 5.69 Å². The molecule has 6 nitrogen and oxygen atoms in total. The minimum Gasteiger partial charge on any atom is -0.355 e. The van der Waals surface area contributed by atoms with E-state index < -0.39 is 5.82 Å². The van der Waals surface area contributed by atoms with Crippen LogP contribution in [0.25, 0.3) is 0 Å². The number of benzene rings is 1. The minimum absolute atomic E-state index is 0.0250. The van der Waals surface area contributed by atoms with Crippen molar-refractivity contribution in [2.45, 2.75) is 70.6 Å². The van der Waals surface area contributed by atoms with Crippen molar-refractivity contribution in [3.63, 3.8) is 0 Å². The van der Waals surface area contributed by atoms with Gasteiger partial charge < -0.3 is 16.0 Å². The highest BCUT2D eigenvalue weighted by Gasteiger charge is 2.22. The van der Waals surface area contributed by atoms with Crippen molar-refractivity contribution >= 4 is 29.1 Å². The molecule has 1 aromatic rings. The molecule has 0 radical (unpaired) electrons. The molecule has 2 aliphatic rings. The SMILES string of the molecule is O=C(CCNC(=O)C1CCCCC1)Nc1ccc(F)c(NC(=O)C2CCCCC2)c1. The maximum Gasteiger partial charge on any atom is 0.227 e. The van der Waals surface area contributed by atoms with Crippen molar-refractivity contribution in [2.75, 3.05) is 17.2 Å². The molecular formula is C23H32FN3O3. The third-order valence-electron chi connectivity index (χ3n) is 6.11. The second-order valence-corrected chi connectivity index (χ2v) is 8.44. The van der Waals surface area contributed by atoms with Crippen LogP contribution in [0.5, 0.6) is 0 Å². The maximum absolute atomic E-state index is 14.1. The molecule has 2 saturated carbocycles. The van der Waals surface area contributed by atoms with Crippen LogP contribution in [0.15, 0.2) is 18.2 Å². The Kier molecular flexibility index (Phi) is 8.22. The summed E-state index contributed by atoms with van der Waals surface area (Å²) in [7, 11) is 0. The Morgan fingerprint density at radius 2 is 1.43 bits per heavy atom. The van der Waals surface area contributed by atoms with Crippen molar-refractivity contribution in [1.29, 1.82) is 0 Å². The van der Waals surface area contributed by atoms with Crippen LogP contribution in [-0.4, -0.2) is 24.3 Å². The van der Waals surface area contributed by atoms with Crippen LogP contribution in [-0.2, 0) is 14.4 Å². The van der Waals surface area contributed by atoms with Crippen molar-refractivity contribution in [3.8, 4) is 0 Å². The van der Waals surface area contributed by atoms with Crippen LogP contribution in [0, 0.1) is 17.7 Å². The van der Waals surface area contributed by atoms with E-state index >= 15 is 0 Å². The molecule has 7 heteroatoms. The first kappa shape index (κ1) is 22.2. The summed E-state index contributed by atoms with van der Waals surface area (Å²) in [5, 5.41) is 8.21. The molecule has 0 bridgehead atoms. The molecule has 164 valence electrons. The Labute approximate surface area is 177 Å². The number of anilines is 2. The van der Waals surface area contributed by atoms with Crippen LogP contribution in [0.1, 0.15) is 70.6 Å². The zero-order valence-electron chi connectivity index (χ0n) is 17.5. The topological polar surface area (TPSA) is 87.3 Å². The lowest BCUT2D eigenvalue weighted by molar-refractivity contribution is -0.126. The fourth-order valence-electron chi connectivity index (χ4n) is 4.33. The molecule has 0 atom stereocenters. The van der Waals surface area contributed by atoms with Gasteiger partial charge in [-0.05, 0) is 43.9 Å². The molecule has 30 heavy (non-hydrogen) atoms. The number of rotatable bonds is 7. The third-order valence-corrected chi connectivity index (χ3v) is 6.11. The molecule has 0 aliphatic heterocycles. The summed E-state index contributed by atoms with van der Waals surface area (Å²) < 4.78 is 14.1.